The Morgan fingerprint density at radius 2 is 1.52 bits per heavy atom. The van der Waals surface area contributed by atoms with Gasteiger partial charge in [0.05, 0.1) is 0 Å². The topological polar surface area (TPSA) is 0 Å². The number of aryl methyl sites for hydroxylation is 3. The van der Waals surface area contributed by atoms with Gasteiger partial charge in [0, 0.05) is 0 Å². The van der Waals surface area contributed by atoms with Crippen molar-refractivity contribution in [1.82, 2.24) is 0 Å². The molecule has 21 heavy (non-hydrogen) atoms. The van der Waals surface area contributed by atoms with E-state index >= 15 is 0 Å². The van der Waals surface area contributed by atoms with Crippen molar-refractivity contribution in [3.8, 4) is 11.1 Å². The molecule has 0 unspecified atom stereocenters. The maximum absolute atomic E-state index is 2.42. The highest BCUT2D eigenvalue weighted by atomic mass is 14.3. The first-order chi connectivity index (χ1) is 10.0. The number of hydrogen-bond donors (Lipinski definition) is 0. The van der Waals surface area contributed by atoms with E-state index in [0.29, 0.717) is 0 Å². The molecule has 0 bridgehead atoms. The maximum atomic E-state index is 2.42. The Balaban J connectivity index is 2.18. The molecular formula is C21H26. The van der Waals surface area contributed by atoms with Crippen LogP contribution in [0.15, 0.2) is 18.2 Å². The largest absolute Gasteiger partial charge is 0.0654 e. The fourth-order valence-electron chi connectivity index (χ4n) is 3.64. The van der Waals surface area contributed by atoms with Crippen molar-refractivity contribution in [3.63, 3.8) is 0 Å². The average molecular weight is 278 g/mol. The van der Waals surface area contributed by atoms with Crippen LogP contribution in [0.3, 0.4) is 0 Å². The zero-order chi connectivity index (χ0) is 15.1. The minimum Gasteiger partial charge on any atom is -0.0654 e. The zero-order valence-corrected chi connectivity index (χ0v) is 14.1. The highest BCUT2D eigenvalue weighted by Gasteiger charge is 2.23. The predicted molar refractivity (Wildman–Crippen MR) is 92.2 cm³/mol. The molecule has 0 aliphatic heterocycles. The van der Waals surface area contributed by atoms with Crippen LogP contribution in [-0.4, -0.2) is 0 Å². The van der Waals surface area contributed by atoms with Crippen LogP contribution in [0.5, 0.6) is 0 Å². The van der Waals surface area contributed by atoms with Crippen LogP contribution in [0.25, 0.3) is 11.1 Å². The number of fused-ring (bicyclic) bond motifs is 3. The third kappa shape index (κ3) is 2.31. The summed E-state index contributed by atoms with van der Waals surface area (Å²) in [7, 11) is 0. The summed E-state index contributed by atoms with van der Waals surface area (Å²) in [6, 6.07) is 7.22. The normalized spacial score (nSPS) is 12.4. The summed E-state index contributed by atoms with van der Waals surface area (Å²) < 4.78 is 0. The summed E-state index contributed by atoms with van der Waals surface area (Å²) in [4.78, 5) is 0. The number of hydrogen-bond acceptors (Lipinski definition) is 0. The second kappa shape index (κ2) is 5.33. The smallest absolute Gasteiger partial charge is 0.00105 e. The number of unbranched alkanes of at least 4 members (excludes halogenated alkanes) is 1. The molecule has 110 valence electrons. The van der Waals surface area contributed by atoms with Crippen molar-refractivity contribution >= 4 is 0 Å². The third-order valence-electron chi connectivity index (χ3n) is 5.25. The molecule has 2 aromatic carbocycles. The molecule has 0 atom stereocenters. The summed E-state index contributed by atoms with van der Waals surface area (Å²) >= 11 is 0. The van der Waals surface area contributed by atoms with Gasteiger partial charge in [0.2, 0.25) is 0 Å². The average Bonchev–Trinajstić information content (AvgIpc) is 2.78. The van der Waals surface area contributed by atoms with Gasteiger partial charge in [-0.15, -0.1) is 0 Å². The van der Waals surface area contributed by atoms with Crippen molar-refractivity contribution < 1.29 is 0 Å². The molecule has 0 saturated carbocycles. The minimum atomic E-state index is 1.13. The highest BCUT2D eigenvalue weighted by molar-refractivity contribution is 5.80. The highest BCUT2D eigenvalue weighted by Crippen LogP contribution is 2.42. The van der Waals surface area contributed by atoms with Crippen LogP contribution in [0, 0.1) is 27.7 Å². The lowest BCUT2D eigenvalue weighted by Gasteiger charge is -2.15. The lowest BCUT2D eigenvalue weighted by atomic mass is 9.90. The van der Waals surface area contributed by atoms with Crippen LogP contribution in [0.4, 0.5) is 0 Å². The molecule has 0 fully saturated rings. The molecule has 0 radical (unpaired) electrons. The fraction of sp³-hybridized carbons (Fsp3) is 0.429. The molecule has 0 spiro atoms. The van der Waals surface area contributed by atoms with Gasteiger partial charge >= 0.3 is 0 Å². The van der Waals surface area contributed by atoms with E-state index in [-0.39, 0.29) is 0 Å². The van der Waals surface area contributed by atoms with Crippen LogP contribution >= 0.6 is 0 Å². The second-order valence-corrected chi connectivity index (χ2v) is 6.70. The van der Waals surface area contributed by atoms with Gasteiger partial charge in [0.1, 0.15) is 0 Å². The van der Waals surface area contributed by atoms with Gasteiger partial charge in [-0.25, -0.2) is 0 Å². The lowest BCUT2D eigenvalue weighted by molar-refractivity contribution is 0.785. The zero-order valence-electron chi connectivity index (χ0n) is 14.1. The predicted octanol–water partition coefficient (Wildman–Crippen LogP) is 5.83. The van der Waals surface area contributed by atoms with E-state index in [1.165, 1.54) is 58.2 Å². The molecule has 2 aromatic rings. The van der Waals surface area contributed by atoms with Crippen LogP contribution < -0.4 is 0 Å². The number of rotatable bonds is 3. The minimum absolute atomic E-state index is 1.13. The van der Waals surface area contributed by atoms with Gasteiger partial charge < -0.3 is 0 Å². The van der Waals surface area contributed by atoms with Gasteiger partial charge in [-0.05, 0) is 97.0 Å². The van der Waals surface area contributed by atoms with Gasteiger partial charge in [0.25, 0.3) is 0 Å². The van der Waals surface area contributed by atoms with E-state index in [4.69, 9.17) is 0 Å². The van der Waals surface area contributed by atoms with Crippen molar-refractivity contribution in [2.45, 2.75) is 60.3 Å². The van der Waals surface area contributed by atoms with Crippen LogP contribution in [0.2, 0.25) is 0 Å². The summed E-state index contributed by atoms with van der Waals surface area (Å²) in [5.74, 6) is 0. The van der Waals surface area contributed by atoms with Gasteiger partial charge in [0.15, 0.2) is 0 Å². The third-order valence-corrected chi connectivity index (χ3v) is 5.25. The molecule has 1 aliphatic rings. The first-order valence-electron chi connectivity index (χ1n) is 8.25. The van der Waals surface area contributed by atoms with E-state index < -0.39 is 0 Å². The van der Waals surface area contributed by atoms with Crippen molar-refractivity contribution in [3.05, 3.63) is 57.1 Å². The number of benzene rings is 2. The molecule has 0 N–H and O–H groups in total. The Kier molecular flexibility index (Phi) is 3.65. The van der Waals surface area contributed by atoms with Crippen molar-refractivity contribution in [2.24, 2.45) is 0 Å². The molecule has 0 saturated heterocycles. The molecule has 0 nitrogen and oxygen atoms in total. The quantitative estimate of drug-likeness (QED) is 0.565. The first kappa shape index (κ1) is 14.4. The van der Waals surface area contributed by atoms with Gasteiger partial charge in [-0.2, -0.15) is 0 Å². The molecule has 0 aromatic heterocycles. The van der Waals surface area contributed by atoms with E-state index in [2.05, 4.69) is 52.8 Å². The molecule has 0 heteroatoms. The van der Waals surface area contributed by atoms with E-state index in [9.17, 15) is 0 Å². The van der Waals surface area contributed by atoms with Crippen LogP contribution in [0.1, 0.15) is 58.7 Å². The summed E-state index contributed by atoms with van der Waals surface area (Å²) in [5, 5.41) is 0. The Morgan fingerprint density at radius 3 is 2.24 bits per heavy atom. The van der Waals surface area contributed by atoms with Gasteiger partial charge in [-0.3, -0.25) is 0 Å². The first-order valence-corrected chi connectivity index (χ1v) is 8.25. The van der Waals surface area contributed by atoms with Crippen molar-refractivity contribution in [1.29, 1.82) is 0 Å². The molecular weight excluding hydrogens is 252 g/mol. The monoisotopic (exact) mass is 278 g/mol. The molecule has 1 aliphatic carbocycles. The lowest BCUT2D eigenvalue weighted by Crippen LogP contribution is -1.99. The second-order valence-electron chi connectivity index (χ2n) is 6.70. The molecule has 0 heterocycles. The Morgan fingerprint density at radius 1 is 0.857 bits per heavy atom. The molecule has 0 amide bonds. The Bertz CT molecular complexity index is 705. The fourth-order valence-corrected chi connectivity index (χ4v) is 3.64. The van der Waals surface area contributed by atoms with E-state index in [0.717, 1.165) is 6.42 Å². The standard InChI is InChI=1S/C21H26/c1-6-7-8-18-16(5)15(4)11-20-19-10-14(3)13(2)9-17(19)12-21(18)20/h9-11H,6-8,12H2,1-5H3. The van der Waals surface area contributed by atoms with Gasteiger partial charge in [-0.1, -0.05) is 31.5 Å². The summed E-state index contributed by atoms with van der Waals surface area (Å²) in [6.07, 6.45) is 4.93. The summed E-state index contributed by atoms with van der Waals surface area (Å²) in [5.41, 5.74) is 13.5. The van der Waals surface area contributed by atoms with Crippen molar-refractivity contribution in [2.75, 3.05) is 0 Å². The Labute approximate surface area is 129 Å². The SMILES string of the molecule is CCCCc1c(C)c(C)cc2c1Cc1cc(C)c(C)cc1-2. The maximum Gasteiger partial charge on any atom is -0.00105 e. The van der Waals surface area contributed by atoms with Crippen LogP contribution in [-0.2, 0) is 12.8 Å². The molecule has 3 rings (SSSR count). The van der Waals surface area contributed by atoms with E-state index in [1.54, 1.807) is 11.1 Å². The summed E-state index contributed by atoms with van der Waals surface area (Å²) in [6.45, 7) is 11.3. The van der Waals surface area contributed by atoms with E-state index in [1.807, 2.05) is 0 Å². The Hall–Kier alpha value is -1.56.